The second kappa shape index (κ2) is 5.75. The summed E-state index contributed by atoms with van der Waals surface area (Å²) in [6, 6.07) is 16.5. The third-order valence-corrected chi connectivity index (χ3v) is 3.75. The van der Waals surface area contributed by atoms with E-state index < -0.39 is 0 Å². The van der Waals surface area contributed by atoms with E-state index in [2.05, 4.69) is 38.1 Å². The molecule has 0 radical (unpaired) electrons. The third kappa shape index (κ3) is 3.38. The van der Waals surface area contributed by atoms with E-state index >= 15 is 0 Å². The Morgan fingerprint density at radius 2 is 1.61 bits per heavy atom. The molecule has 0 aliphatic rings. The van der Waals surface area contributed by atoms with Gasteiger partial charge in [0.15, 0.2) is 0 Å². The van der Waals surface area contributed by atoms with E-state index in [9.17, 15) is 0 Å². The van der Waals surface area contributed by atoms with E-state index in [1.54, 1.807) is 11.8 Å². The number of rotatable bonds is 3. The summed E-state index contributed by atoms with van der Waals surface area (Å²) in [7, 11) is 0. The molecule has 18 heavy (non-hydrogen) atoms. The van der Waals surface area contributed by atoms with E-state index in [1.165, 1.54) is 21.6 Å². The second-order valence-corrected chi connectivity index (χ2v) is 5.47. The number of nitriles is 1. The average Bonchev–Trinajstić information content (AvgIpc) is 2.36. The molecule has 90 valence electrons. The van der Waals surface area contributed by atoms with Gasteiger partial charge in [0, 0.05) is 10.6 Å². The van der Waals surface area contributed by atoms with Crippen molar-refractivity contribution >= 4 is 11.8 Å². The van der Waals surface area contributed by atoms with Crippen molar-refractivity contribution in [2.24, 2.45) is 0 Å². The Hall–Kier alpha value is -1.72. The number of hydrogen-bond acceptors (Lipinski definition) is 2. The fourth-order valence-electron chi connectivity index (χ4n) is 1.94. The van der Waals surface area contributed by atoms with Gasteiger partial charge in [-0.1, -0.05) is 29.3 Å². The van der Waals surface area contributed by atoms with Gasteiger partial charge < -0.3 is 0 Å². The van der Waals surface area contributed by atoms with Crippen LogP contribution in [0.25, 0.3) is 0 Å². The minimum atomic E-state index is 0.714. The third-order valence-electron chi connectivity index (χ3n) is 2.67. The highest BCUT2D eigenvalue weighted by molar-refractivity contribution is 7.98. The van der Waals surface area contributed by atoms with Crippen molar-refractivity contribution in [3.05, 3.63) is 64.7 Å². The SMILES string of the molecule is Cc1cc(C)cc(CSc2ccc(C#N)cc2)c1. The average molecular weight is 253 g/mol. The summed E-state index contributed by atoms with van der Waals surface area (Å²) in [5.41, 5.74) is 4.68. The number of thioether (sulfide) groups is 1. The molecular weight excluding hydrogens is 238 g/mol. The second-order valence-electron chi connectivity index (χ2n) is 4.42. The topological polar surface area (TPSA) is 23.8 Å². The van der Waals surface area contributed by atoms with Crippen molar-refractivity contribution in [2.45, 2.75) is 24.5 Å². The fourth-order valence-corrected chi connectivity index (χ4v) is 2.77. The minimum absolute atomic E-state index is 0.714. The Morgan fingerprint density at radius 1 is 1.00 bits per heavy atom. The van der Waals surface area contributed by atoms with Crippen molar-refractivity contribution in [1.82, 2.24) is 0 Å². The van der Waals surface area contributed by atoms with Crippen molar-refractivity contribution in [3.63, 3.8) is 0 Å². The summed E-state index contributed by atoms with van der Waals surface area (Å²) in [5.74, 6) is 0.967. The molecular formula is C16H15NS. The van der Waals surface area contributed by atoms with Crippen molar-refractivity contribution in [3.8, 4) is 6.07 Å². The number of benzene rings is 2. The molecule has 0 saturated carbocycles. The van der Waals surface area contributed by atoms with Gasteiger partial charge in [-0.05, 0) is 43.7 Å². The van der Waals surface area contributed by atoms with Crippen LogP contribution in [0.1, 0.15) is 22.3 Å². The number of hydrogen-bond donors (Lipinski definition) is 0. The largest absolute Gasteiger partial charge is 0.192 e. The maximum atomic E-state index is 8.74. The molecule has 2 aromatic carbocycles. The van der Waals surface area contributed by atoms with Crippen LogP contribution in [-0.4, -0.2) is 0 Å². The van der Waals surface area contributed by atoms with Gasteiger partial charge in [-0.25, -0.2) is 0 Å². The Labute approximate surface area is 112 Å². The summed E-state index contributed by atoms with van der Waals surface area (Å²) in [6.45, 7) is 4.26. The Kier molecular flexibility index (Phi) is 4.07. The van der Waals surface area contributed by atoms with Crippen LogP contribution in [0.2, 0.25) is 0 Å². The zero-order valence-corrected chi connectivity index (χ0v) is 11.4. The van der Waals surface area contributed by atoms with E-state index in [4.69, 9.17) is 5.26 Å². The van der Waals surface area contributed by atoms with E-state index in [-0.39, 0.29) is 0 Å². The summed E-state index contributed by atoms with van der Waals surface area (Å²) in [5, 5.41) is 8.74. The van der Waals surface area contributed by atoms with Crippen LogP contribution in [0.15, 0.2) is 47.4 Å². The van der Waals surface area contributed by atoms with Crippen LogP contribution in [-0.2, 0) is 5.75 Å². The molecule has 2 rings (SSSR count). The molecule has 0 bridgehead atoms. The van der Waals surface area contributed by atoms with Gasteiger partial charge in [-0.3, -0.25) is 0 Å². The first kappa shape index (κ1) is 12.7. The van der Waals surface area contributed by atoms with E-state index in [0.29, 0.717) is 5.56 Å². The minimum Gasteiger partial charge on any atom is -0.192 e. The predicted molar refractivity (Wildman–Crippen MR) is 76.6 cm³/mol. The zero-order chi connectivity index (χ0) is 13.0. The molecule has 0 spiro atoms. The highest BCUT2D eigenvalue weighted by Crippen LogP contribution is 2.24. The summed E-state index contributed by atoms with van der Waals surface area (Å²) in [4.78, 5) is 1.20. The molecule has 0 aliphatic heterocycles. The first-order valence-electron chi connectivity index (χ1n) is 5.87. The van der Waals surface area contributed by atoms with Gasteiger partial charge in [0.05, 0.1) is 11.6 Å². The Balaban J connectivity index is 2.04. The summed E-state index contributed by atoms with van der Waals surface area (Å²) in [6.07, 6.45) is 0. The van der Waals surface area contributed by atoms with Gasteiger partial charge >= 0.3 is 0 Å². The van der Waals surface area contributed by atoms with Gasteiger partial charge in [-0.15, -0.1) is 11.8 Å². The molecule has 2 heteroatoms. The van der Waals surface area contributed by atoms with Crippen molar-refractivity contribution in [1.29, 1.82) is 5.26 Å². The van der Waals surface area contributed by atoms with Crippen molar-refractivity contribution in [2.75, 3.05) is 0 Å². The smallest absolute Gasteiger partial charge is 0.0991 e. The van der Waals surface area contributed by atoms with E-state index in [1.807, 2.05) is 24.3 Å². The van der Waals surface area contributed by atoms with Crippen LogP contribution in [0.4, 0.5) is 0 Å². The lowest BCUT2D eigenvalue weighted by Gasteiger charge is -2.05. The summed E-state index contributed by atoms with van der Waals surface area (Å²) >= 11 is 1.80. The standard InChI is InChI=1S/C16H15NS/c1-12-7-13(2)9-15(8-12)11-18-16-5-3-14(10-17)4-6-16/h3-9H,11H2,1-2H3. The first-order chi connectivity index (χ1) is 8.67. The lowest BCUT2D eigenvalue weighted by Crippen LogP contribution is -1.85. The zero-order valence-electron chi connectivity index (χ0n) is 10.6. The molecule has 1 nitrogen and oxygen atoms in total. The molecule has 0 atom stereocenters. The molecule has 0 saturated heterocycles. The van der Waals surface area contributed by atoms with Gasteiger partial charge in [0.25, 0.3) is 0 Å². The van der Waals surface area contributed by atoms with Crippen molar-refractivity contribution < 1.29 is 0 Å². The van der Waals surface area contributed by atoms with Gasteiger partial charge in [0.2, 0.25) is 0 Å². The van der Waals surface area contributed by atoms with Crippen LogP contribution in [0, 0.1) is 25.2 Å². The lowest BCUT2D eigenvalue weighted by atomic mass is 10.1. The normalized spacial score (nSPS) is 10.1. The monoisotopic (exact) mass is 253 g/mol. The quantitative estimate of drug-likeness (QED) is 0.754. The maximum Gasteiger partial charge on any atom is 0.0991 e. The molecule has 0 N–H and O–H groups in total. The van der Waals surface area contributed by atoms with Crippen LogP contribution in [0.5, 0.6) is 0 Å². The first-order valence-corrected chi connectivity index (χ1v) is 6.86. The maximum absolute atomic E-state index is 8.74. The molecule has 0 fully saturated rings. The number of nitrogens with zero attached hydrogens (tertiary/aromatic N) is 1. The fraction of sp³-hybridized carbons (Fsp3) is 0.188. The van der Waals surface area contributed by atoms with Crippen LogP contribution in [0.3, 0.4) is 0 Å². The van der Waals surface area contributed by atoms with Crippen LogP contribution >= 0.6 is 11.8 Å². The highest BCUT2D eigenvalue weighted by atomic mass is 32.2. The molecule has 0 heterocycles. The molecule has 0 aliphatic carbocycles. The molecule has 0 unspecified atom stereocenters. The Bertz CT molecular complexity index is 559. The Morgan fingerprint density at radius 3 is 2.17 bits per heavy atom. The molecule has 2 aromatic rings. The molecule has 0 amide bonds. The molecule has 0 aromatic heterocycles. The van der Waals surface area contributed by atoms with Crippen LogP contribution < -0.4 is 0 Å². The highest BCUT2D eigenvalue weighted by Gasteiger charge is 1.99. The van der Waals surface area contributed by atoms with E-state index in [0.717, 1.165) is 5.75 Å². The number of aryl methyl sites for hydroxylation is 2. The summed E-state index contributed by atoms with van der Waals surface area (Å²) < 4.78 is 0. The van der Waals surface area contributed by atoms with Gasteiger partial charge in [-0.2, -0.15) is 5.26 Å². The lowest BCUT2D eigenvalue weighted by molar-refractivity contribution is 1.29. The predicted octanol–water partition coefficient (Wildman–Crippen LogP) is 4.47. The van der Waals surface area contributed by atoms with Gasteiger partial charge in [0.1, 0.15) is 0 Å².